The van der Waals surface area contributed by atoms with Crippen LogP contribution in [0.3, 0.4) is 0 Å². The molecule has 1 aromatic rings. The molecule has 9 heteroatoms. The molecule has 0 aliphatic rings. The molecule has 0 heterocycles. The number of aliphatic hydroxyl groups is 1. The standard InChI is InChI=1S/C18H26O9/c1-22-17(20)15-4-3-14(13-16(15)18(21)23-2)27-12-11-26-10-9-25-8-7-24-6-5-19/h3-4,13,19H,5-12H2,1-2H3. The minimum absolute atomic E-state index is 0.00432. The second-order valence-electron chi connectivity index (χ2n) is 5.10. The van der Waals surface area contributed by atoms with Gasteiger partial charge in [-0.05, 0) is 18.2 Å². The lowest BCUT2D eigenvalue weighted by Gasteiger charge is -2.11. The molecule has 152 valence electrons. The zero-order chi connectivity index (χ0) is 19.9. The van der Waals surface area contributed by atoms with Gasteiger partial charge in [-0.2, -0.15) is 0 Å². The summed E-state index contributed by atoms with van der Waals surface area (Å²) in [6, 6.07) is 4.43. The first-order valence-electron chi connectivity index (χ1n) is 8.41. The quantitative estimate of drug-likeness (QED) is 0.364. The van der Waals surface area contributed by atoms with Crippen LogP contribution in [0.4, 0.5) is 0 Å². The van der Waals surface area contributed by atoms with Gasteiger partial charge in [-0.25, -0.2) is 9.59 Å². The predicted molar refractivity (Wildman–Crippen MR) is 94.2 cm³/mol. The maximum atomic E-state index is 11.8. The van der Waals surface area contributed by atoms with Crippen molar-refractivity contribution in [3.05, 3.63) is 29.3 Å². The Morgan fingerprint density at radius 3 is 1.85 bits per heavy atom. The van der Waals surface area contributed by atoms with Gasteiger partial charge in [0.1, 0.15) is 12.4 Å². The number of carbonyl (C=O) groups excluding carboxylic acids is 2. The van der Waals surface area contributed by atoms with Crippen LogP contribution >= 0.6 is 0 Å². The second kappa shape index (κ2) is 13.9. The molecule has 0 radical (unpaired) electrons. The Bertz CT molecular complexity index is 574. The summed E-state index contributed by atoms with van der Waals surface area (Å²) in [6.45, 7) is 2.57. The first kappa shape index (κ1) is 22.8. The molecule has 0 spiro atoms. The maximum Gasteiger partial charge on any atom is 0.338 e. The third kappa shape index (κ3) is 8.83. The van der Waals surface area contributed by atoms with Crippen molar-refractivity contribution in [2.45, 2.75) is 0 Å². The third-order valence-electron chi connectivity index (χ3n) is 3.28. The molecular formula is C18H26O9. The van der Waals surface area contributed by atoms with Crippen molar-refractivity contribution in [2.24, 2.45) is 0 Å². The number of hydrogen-bond donors (Lipinski definition) is 1. The molecule has 0 aromatic heterocycles. The highest BCUT2D eigenvalue weighted by atomic mass is 16.6. The molecule has 1 rings (SSSR count). The number of rotatable bonds is 14. The number of benzene rings is 1. The van der Waals surface area contributed by atoms with Gasteiger partial charge < -0.3 is 33.5 Å². The first-order chi connectivity index (χ1) is 13.1. The van der Waals surface area contributed by atoms with Crippen LogP contribution in [0.15, 0.2) is 18.2 Å². The molecule has 0 bridgehead atoms. The maximum absolute atomic E-state index is 11.8. The highest BCUT2D eigenvalue weighted by molar-refractivity contribution is 6.03. The van der Waals surface area contributed by atoms with E-state index in [1.165, 1.54) is 26.4 Å². The van der Waals surface area contributed by atoms with Crippen molar-refractivity contribution in [3.8, 4) is 5.75 Å². The molecule has 0 aliphatic heterocycles. The Morgan fingerprint density at radius 1 is 0.778 bits per heavy atom. The van der Waals surface area contributed by atoms with Gasteiger partial charge in [0.15, 0.2) is 0 Å². The SMILES string of the molecule is COC(=O)c1ccc(OCCOCCOCCOCCO)cc1C(=O)OC. The minimum Gasteiger partial charge on any atom is -0.491 e. The van der Waals surface area contributed by atoms with E-state index in [4.69, 9.17) is 24.1 Å². The fourth-order valence-corrected chi connectivity index (χ4v) is 2.00. The van der Waals surface area contributed by atoms with Crippen LogP contribution in [0.5, 0.6) is 5.75 Å². The van der Waals surface area contributed by atoms with Crippen LogP contribution in [0.2, 0.25) is 0 Å². The molecule has 1 N–H and O–H groups in total. The molecule has 0 saturated carbocycles. The number of aliphatic hydroxyl groups excluding tert-OH is 1. The minimum atomic E-state index is -0.655. The van der Waals surface area contributed by atoms with E-state index in [9.17, 15) is 9.59 Å². The number of methoxy groups -OCH3 is 2. The highest BCUT2D eigenvalue weighted by Crippen LogP contribution is 2.19. The van der Waals surface area contributed by atoms with Crippen LogP contribution in [-0.4, -0.2) is 84.1 Å². The Kier molecular flexibility index (Phi) is 11.8. The van der Waals surface area contributed by atoms with Gasteiger partial charge in [0, 0.05) is 0 Å². The lowest BCUT2D eigenvalue weighted by molar-refractivity contribution is 0.00360. The Labute approximate surface area is 158 Å². The summed E-state index contributed by atoms with van der Waals surface area (Å²) in [5.41, 5.74) is 0.174. The van der Waals surface area contributed by atoms with Crippen LogP contribution in [0.1, 0.15) is 20.7 Å². The zero-order valence-electron chi connectivity index (χ0n) is 15.6. The third-order valence-corrected chi connectivity index (χ3v) is 3.28. The lowest BCUT2D eigenvalue weighted by Crippen LogP contribution is -2.14. The number of hydrogen-bond acceptors (Lipinski definition) is 9. The molecule has 0 aliphatic carbocycles. The Balaban J connectivity index is 2.30. The van der Waals surface area contributed by atoms with E-state index in [1.54, 1.807) is 6.07 Å². The van der Waals surface area contributed by atoms with Crippen molar-refractivity contribution in [1.29, 1.82) is 0 Å². The average molecular weight is 386 g/mol. The van der Waals surface area contributed by atoms with Crippen LogP contribution < -0.4 is 4.74 Å². The molecule has 0 saturated heterocycles. The summed E-state index contributed by atoms with van der Waals surface area (Å²) >= 11 is 0. The normalized spacial score (nSPS) is 10.5. The van der Waals surface area contributed by atoms with E-state index in [0.29, 0.717) is 45.4 Å². The lowest BCUT2D eigenvalue weighted by atomic mass is 10.1. The highest BCUT2D eigenvalue weighted by Gasteiger charge is 2.19. The molecule has 0 unspecified atom stereocenters. The summed E-state index contributed by atoms with van der Waals surface area (Å²) in [4.78, 5) is 23.5. The number of carbonyl (C=O) groups is 2. The summed E-state index contributed by atoms with van der Waals surface area (Å²) < 4.78 is 30.5. The van der Waals surface area contributed by atoms with E-state index < -0.39 is 11.9 Å². The second-order valence-corrected chi connectivity index (χ2v) is 5.10. The predicted octanol–water partition coefficient (Wildman–Crippen LogP) is 0.681. The molecule has 0 amide bonds. The number of esters is 2. The van der Waals surface area contributed by atoms with E-state index in [-0.39, 0.29) is 24.3 Å². The molecule has 0 atom stereocenters. The molecule has 1 aromatic carbocycles. The monoisotopic (exact) mass is 386 g/mol. The van der Waals surface area contributed by atoms with Crippen molar-refractivity contribution in [3.63, 3.8) is 0 Å². The van der Waals surface area contributed by atoms with E-state index >= 15 is 0 Å². The van der Waals surface area contributed by atoms with Gasteiger partial charge in [0.25, 0.3) is 0 Å². The van der Waals surface area contributed by atoms with E-state index in [0.717, 1.165) is 0 Å². The van der Waals surface area contributed by atoms with E-state index in [1.807, 2.05) is 0 Å². The molecule has 0 fully saturated rings. The van der Waals surface area contributed by atoms with E-state index in [2.05, 4.69) is 9.47 Å². The van der Waals surface area contributed by atoms with Gasteiger partial charge in [-0.1, -0.05) is 0 Å². The van der Waals surface area contributed by atoms with Gasteiger partial charge in [0.05, 0.1) is 71.6 Å². The number of ether oxygens (including phenoxy) is 6. The van der Waals surface area contributed by atoms with Crippen LogP contribution in [0, 0.1) is 0 Å². The summed E-state index contributed by atoms with van der Waals surface area (Å²) in [6.07, 6.45) is 0. The first-order valence-corrected chi connectivity index (χ1v) is 8.41. The van der Waals surface area contributed by atoms with Crippen molar-refractivity contribution >= 4 is 11.9 Å². The van der Waals surface area contributed by atoms with Crippen molar-refractivity contribution in [2.75, 3.05) is 67.1 Å². The fraction of sp³-hybridized carbons (Fsp3) is 0.556. The summed E-state index contributed by atoms with van der Waals surface area (Å²) in [5.74, 6) is -0.881. The molecular weight excluding hydrogens is 360 g/mol. The van der Waals surface area contributed by atoms with Crippen molar-refractivity contribution < 1.29 is 43.1 Å². The van der Waals surface area contributed by atoms with Crippen LogP contribution in [0.25, 0.3) is 0 Å². The van der Waals surface area contributed by atoms with Gasteiger partial charge >= 0.3 is 11.9 Å². The Hall–Kier alpha value is -2.20. The smallest absolute Gasteiger partial charge is 0.338 e. The van der Waals surface area contributed by atoms with Gasteiger partial charge in [-0.3, -0.25) is 0 Å². The van der Waals surface area contributed by atoms with Gasteiger partial charge in [-0.15, -0.1) is 0 Å². The fourth-order valence-electron chi connectivity index (χ4n) is 2.00. The zero-order valence-corrected chi connectivity index (χ0v) is 15.6. The molecule has 27 heavy (non-hydrogen) atoms. The summed E-state index contributed by atoms with van der Waals surface area (Å²) in [5, 5.41) is 8.53. The van der Waals surface area contributed by atoms with Gasteiger partial charge in [0.2, 0.25) is 0 Å². The topological polar surface area (TPSA) is 110 Å². The Morgan fingerprint density at radius 2 is 1.30 bits per heavy atom. The molecule has 9 nitrogen and oxygen atoms in total. The van der Waals surface area contributed by atoms with Crippen molar-refractivity contribution in [1.82, 2.24) is 0 Å². The van der Waals surface area contributed by atoms with Crippen LogP contribution in [-0.2, 0) is 23.7 Å². The average Bonchev–Trinajstić information content (AvgIpc) is 2.70. The summed E-state index contributed by atoms with van der Waals surface area (Å²) in [7, 11) is 2.46. The largest absolute Gasteiger partial charge is 0.491 e.